The van der Waals surface area contributed by atoms with Crippen molar-refractivity contribution in [1.29, 1.82) is 0 Å². The highest BCUT2D eigenvalue weighted by Gasteiger charge is 2.15. The van der Waals surface area contributed by atoms with Crippen molar-refractivity contribution >= 4 is 5.95 Å². The zero-order valence-electron chi connectivity index (χ0n) is 12.2. The molecule has 1 fully saturated rings. The lowest BCUT2D eigenvalue weighted by molar-refractivity contribution is 0.122. The Morgan fingerprint density at radius 2 is 1.86 bits per heavy atom. The van der Waals surface area contributed by atoms with Crippen molar-refractivity contribution in [1.82, 2.24) is 9.97 Å². The van der Waals surface area contributed by atoms with E-state index in [9.17, 15) is 0 Å². The zero-order chi connectivity index (χ0) is 14.7. The van der Waals surface area contributed by atoms with Gasteiger partial charge in [0, 0.05) is 25.2 Å². The molecule has 1 aliphatic heterocycles. The van der Waals surface area contributed by atoms with Gasteiger partial charge in [-0.25, -0.2) is 9.97 Å². The summed E-state index contributed by atoms with van der Waals surface area (Å²) in [5.74, 6) is 0.747. The second-order valence-corrected chi connectivity index (χ2v) is 5.21. The van der Waals surface area contributed by atoms with Gasteiger partial charge in [0.05, 0.1) is 24.6 Å². The molecule has 1 aromatic heterocycles. The molecule has 3 rings (SSSR count). The monoisotopic (exact) mass is 284 g/mol. The van der Waals surface area contributed by atoms with E-state index in [1.807, 2.05) is 6.07 Å². The molecule has 0 spiro atoms. The first kappa shape index (κ1) is 14.0. The molecule has 0 saturated carbocycles. The van der Waals surface area contributed by atoms with Crippen molar-refractivity contribution in [3.8, 4) is 11.3 Å². The lowest BCUT2D eigenvalue weighted by atomic mass is 10.1. The van der Waals surface area contributed by atoms with Gasteiger partial charge in [0.15, 0.2) is 0 Å². The summed E-state index contributed by atoms with van der Waals surface area (Å²) in [5, 5.41) is 0. The smallest absolute Gasteiger partial charge is 0.226 e. The second-order valence-electron chi connectivity index (χ2n) is 5.21. The predicted molar refractivity (Wildman–Crippen MR) is 83.1 cm³/mol. The molecule has 2 N–H and O–H groups in total. The fourth-order valence-corrected chi connectivity index (χ4v) is 2.37. The average Bonchev–Trinajstić information content (AvgIpc) is 2.56. The number of morpholine rings is 1. The predicted octanol–water partition coefficient (Wildman–Crippen LogP) is 1.75. The highest BCUT2D eigenvalue weighted by Crippen LogP contribution is 2.21. The molecule has 0 radical (unpaired) electrons. The Bertz CT molecular complexity index is 606. The third-order valence-corrected chi connectivity index (χ3v) is 3.62. The van der Waals surface area contributed by atoms with Crippen LogP contribution in [0.3, 0.4) is 0 Å². The first-order valence-electron chi connectivity index (χ1n) is 7.24. The molecule has 1 aliphatic rings. The van der Waals surface area contributed by atoms with Gasteiger partial charge in [0.1, 0.15) is 0 Å². The van der Waals surface area contributed by atoms with Crippen molar-refractivity contribution in [2.45, 2.75) is 13.5 Å². The topological polar surface area (TPSA) is 64.3 Å². The molecule has 2 heterocycles. The fourth-order valence-electron chi connectivity index (χ4n) is 2.37. The standard InChI is InChI=1S/C16H20N4O/c1-12-2-4-13(5-3-12)15-10-14(11-17)18-16(19-15)20-6-8-21-9-7-20/h2-5,10H,6-9,11,17H2,1H3. The molecular weight excluding hydrogens is 264 g/mol. The van der Waals surface area contributed by atoms with E-state index >= 15 is 0 Å². The van der Waals surface area contributed by atoms with Gasteiger partial charge >= 0.3 is 0 Å². The molecule has 5 nitrogen and oxygen atoms in total. The molecule has 0 aliphatic carbocycles. The molecule has 21 heavy (non-hydrogen) atoms. The minimum absolute atomic E-state index is 0.415. The minimum Gasteiger partial charge on any atom is -0.378 e. The molecule has 1 aromatic carbocycles. The fraction of sp³-hybridized carbons (Fsp3) is 0.375. The number of nitrogens with two attached hydrogens (primary N) is 1. The number of aryl methyl sites for hydroxylation is 1. The quantitative estimate of drug-likeness (QED) is 0.930. The summed E-state index contributed by atoms with van der Waals surface area (Å²) in [6.07, 6.45) is 0. The highest BCUT2D eigenvalue weighted by atomic mass is 16.5. The number of anilines is 1. The third kappa shape index (κ3) is 3.20. The number of benzene rings is 1. The van der Waals surface area contributed by atoms with Crippen LogP contribution in [0, 0.1) is 6.92 Å². The van der Waals surface area contributed by atoms with Gasteiger partial charge in [-0.2, -0.15) is 0 Å². The Hall–Kier alpha value is -1.98. The largest absolute Gasteiger partial charge is 0.378 e. The van der Waals surface area contributed by atoms with E-state index < -0.39 is 0 Å². The van der Waals surface area contributed by atoms with E-state index in [4.69, 9.17) is 15.5 Å². The van der Waals surface area contributed by atoms with Crippen LogP contribution in [0.1, 0.15) is 11.3 Å². The first-order valence-corrected chi connectivity index (χ1v) is 7.24. The third-order valence-electron chi connectivity index (χ3n) is 3.62. The number of ether oxygens (including phenoxy) is 1. The van der Waals surface area contributed by atoms with Gasteiger partial charge in [0.2, 0.25) is 5.95 Å². The summed E-state index contributed by atoms with van der Waals surface area (Å²) in [4.78, 5) is 11.4. The van der Waals surface area contributed by atoms with Crippen molar-refractivity contribution in [3.05, 3.63) is 41.6 Å². The van der Waals surface area contributed by atoms with Crippen LogP contribution < -0.4 is 10.6 Å². The van der Waals surface area contributed by atoms with Crippen LogP contribution in [-0.4, -0.2) is 36.3 Å². The van der Waals surface area contributed by atoms with E-state index in [0.717, 1.165) is 49.2 Å². The molecule has 110 valence electrons. The first-order chi connectivity index (χ1) is 10.3. The van der Waals surface area contributed by atoms with Crippen LogP contribution in [0.25, 0.3) is 11.3 Å². The molecule has 0 unspecified atom stereocenters. The highest BCUT2D eigenvalue weighted by molar-refractivity contribution is 5.61. The number of rotatable bonds is 3. The van der Waals surface area contributed by atoms with Crippen LogP contribution >= 0.6 is 0 Å². The molecule has 0 atom stereocenters. The van der Waals surface area contributed by atoms with Crippen LogP contribution in [0.15, 0.2) is 30.3 Å². The summed E-state index contributed by atoms with van der Waals surface area (Å²) in [6.45, 7) is 5.57. The summed E-state index contributed by atoms with van der Waals surface area (Å²) < 4.78 is 5.38. The van der Waals surface area contributed by atoms with E-state index in [2.05, 4.69) is 41.1 Å². The Morgan fingerprint density at radius 1 is 1.14 bits per heavy atom. The molecular formula is C16H20N4O. The van der Waals surface area contributed by atoms with E-state index in [-0.39, 0.29) is 0 Å². The van der Waals surface area contributed by atoms with Gasteiger partial charge < -0.3 is 15.4 Å². The molecule has 0 bridgehead atoms. The Labute approximate surface area is 124 Å². The van der Waals surface area contributed by atoms with Gasteiger partial charge in [-0.15, -0.1) is 0 Å². The average molecular weight is 284 g/mol. The minimum atomic E-state index is 0.415. The number of hydrogen-bond donors (Lipinski definition) is 1. The number of aromatic nitrogens is 2. The second kappa shape index (κ2) is 6.20. The summed E-state index contributed by atoms with van der Waals surface area (Å²) in [7, 11) is 0. The summed E-state index contributed by atoms with van der Waals surface area (Å²) >= 11 is 0. The van der Waals surface area contributed by atoms with E-state index in [1.54, 1.807) is 0 Å². The molecule has 2 aromatic rings. The maximum Gasteiger partial charge on any atom is 0.226 e. The van der Waals surface area contributed by atoms with Gasteiger partial charge in [0.25, 0.3) is 0 Å². The SMILES string of the molecule is Cc1ccc(-c2cc(CN)nc(N3CCOCC3)n2)cc1. The van der Waals surface area contributed by atoms with Crippen LogP contribution in [0.4, 0.5) is 5.95 Å². The van der Waals surface area contributed by atoms with Crippen LogP contribution in [0.2, 0.25) is 0 Å². The van der Waals surface area contributed by atoms with Gasteiger partial charge in [-0.3, -0.25) is 0 Å². The Balaban J connectivity index is 1.98. The van der Waals surface area contributed by atoms with Gasteiger partial charge in [-0.1, -0.05) is 29.8 Å². The Morgan fingerprint density at radius 3 is 2.52 bits per heavy atom. The van der Waals surface area contributed by atoms with Crippen LogP contribution in [-0.2, 0) is 11.3 Å². The molecule has 1 saturated heterocycles. The molecule has 0 amide bonds. The summed E-state index contributed by atoms with van der Waals surface area (Å²) in [6, 6.07) is 10.3. The van der Waals surface area contributed by atoms with Crippen molar-refractivity contribution in [2.75, 3.05) is 31.2 Å². The maximum absolute atomic E-state index is 5.79. The van der Waals surface area contributed by atoms with Gasteiger partial charge in [-0.05, 0) is 13.0 Å². The zero-order valence-corrected chi connectivity index (χ0v) is 12.2. The lowest BCUT2D eigenvalue weighted by Gasteiger charge is -2.27. The summed E-state index contributed by atoms with van der Waals surface area (Å²) in [5.41, 5.74) is 9.90. The van der Waals surface area contributed by atoms with E-state index in [1.165, 1.54) is 5.56 Å². The van der Waals surface area contributed by atoms with E-state index in [0.29, 0.717) is 6.54 Å². The van der Waals surface area contributed by atoms with Crippen LogP contribution in [0.5, 0.6) is 0 Å². The number of nitrogens with zero attached hydrogens (tertiary/aromatic N) is 3. The normalized spacial score (nSPS) is 15.2. The number of hydrogen-bond acceptors (Lipinski definition) is 5. The molecule has 5 heteroatoms. The maximum atomic E-state index is 5.79. The van der Waals surface area contributed by atoms with Crippen molar-refractivity contribution < 1.29 is 4.74 Å². The Kier molecular flexibility index (Phi) is 4.13. The van der Waals surface area contributed by atoms with Crippen molar-refractivity contribution in [3.63, 3.8) is 0 Å². The lowest BCUT2D eigenvalue weighted by Crippen LogP contribution is -2.37. The van der Waals surface area contributed by atoms with Crippen molar-refractivity contribution in [2.24, 2.45) is 5.73 Å².